The third-order valence-electron chi connectivity index (χ3n) is 7.92. The highest BCUT2D eigenvalue weighted by Crippen LogP contribution is 2.47. The lowest BCUT2D eigenvalue weighted by Gasteiger charge is -2.01. The van der Waals surface area contributed by atoms with E-state index in [1.54, 1.807) is 34.8 Å². The van der Waals surface area contributed by atoms with Gasteiger partial charge in [-0.2, -0.15) is 21.0 Å². The average molecular weight is 669 g/mol. The lowest BCUT2D eigenvalue weighted by Crippen LogP contribution is -1.83. The van der Waals surface area contributed by atoms with Crippen molar-refractivity contribution < 1.29 is 0 Å². The summed E-state index contributed by atoms with van der Waals surface area (Å²) in [6.45, 7) is 4.39. The van der Waals surface area contributed by atoms with E-state index < -0.39 is 0 Å². The lowest BCUT2D eigenvalue weighted by molar-refractivity contribution is 0.798. The van der Waals surface area contributed by atoms with Crippen LogP contribution < -0.4 is 0 Å². The van der Waals surface area contributed by atoms with Crippen LogP contribution in [0.3, 0.4) is 0 Å². The summed E-state index contributed by atoms with van der Waals surface area (Å²) in [6, 6.07) is 25.8. The van der Waals surface area contributed by atoms with Crippen LogP contribution in [-0.2, 0) is 12.8 Å². The molecule has 0 spiro atoms. The van der Waals surface area contributed by atoms with E-state index in [1.165, 1.54) is 61.6 Å². The summed E-state index contributed by atoms with van der Waals surface area (Å²) in [5.41, 5.74) is 2.79. The molecule has 0 saturated heterocycles. The van der Waals surface area contributed by atoms with E-state index in [-0.39, 0.29) is 11.1 Å². The quantitative estimate of drug-likeness (QED) is 0.136. The molecule has 0 bridgehead atoms. The summed E-state index contributed by atoms with van der Waals surface area (Å²) in [4.78, 5) is 6.76. The Balaban J connectivity index is 1.45. The molecule has 224 valence electrons. The molecule has 0 atom stereocenters. The zero-order valence-electron chi connectivity index (χ0n) is 25.4. The predicted molar refractivity (Wildman–Crippen MR) is 197 cm³/mol. The van der Waals surface area contributed by atoms with Gasteiger partial charge >= 0.3 is 0 Å². The Morgan fingerprint density at radius 1 is 0.587 bits per heavy atom. The number of thiophene rings is 4. The van der Waals surface area contributed by atoms with E-state index >= 15 is 0 Å². The molecule has 0 aliphatic rings. The van der Waals surface area contributed by atoms with E-state index in [2.05, 4.69) is 62.4 Å². The number of hydrogen-bond donors (Lipinski definition) is 0. The van der Waals surface area contributed by atoms with E-state index in [9.17, 15) is 21.0 Å². The number of allylic oxidation sites excluding steroid dienone is 2. The van der Waals surface area contributed by atoms with Gasteiger partial charge in [0.15, 0.2) is 0 Å². The van der Waals surface area contributed by atoms with Gasteiger partial charge in [0.2, 0.25) is 0 Å². The maximum absolute atomic E-state index is 9.30. The van der Waals surface area contributed by atoms with Crippen LogP contribution in [-0.4, -0.2) is 0 Å². The molecule has 0 aliphatic heterocycles. The van der Waals surface area contributed by atoms with Crippen molar-refractivity contribution in [2.45, 2.75) is 52.4 Å². The van der Waals surface area contributed by atoms with Crippen molar-refractivity contribution in [3.63, 3.8) is 0 Å². The van der Waals surface area contributed by atoms with Crippen molar-refractivity contribution >= 4 is 88.4 Å². The molecule has 8 heteroatoms. The van der Waals surface area contributed by atoms with Crippen molar-refractivity contribution in [2.75, 3.05) is 0 Å². The fourth-order valence-electron chi connectivity index (χ4n) is 5.65. The number of nitrogens with zero attached hydrogens (tertiary/aromatic N) is 4. The molecule has 0 unspecified atom stereocenters. The molecule has 0 fully saturated rings. The minimum Gasteiger partial charge on any atom is -0.192 e. The highest BCUT2D eigenvalue weighted by Gasteiger charge is 2.18. The number of fused-ring (bicyclic) bond motifs is 5. The van der Waals surface area contributed by atoms with Gasteiger partial charge < -0.3 is 0 Å². The van der Waals surface area contributed by atoms with Crippen LogP contribution in [0.25, 0.3) is 62.6 Å². The fraction of sp³-hybridized carbons (Fsp3) is 0.211. The number of unbranched alkanes of at least 4 members (excludes halogenated alkanes) is 2. The molecule has 6 aromatic rings. The summed E-state index contributed by atoms with van der Waals surface area (Å²) in [6.07, 6.45) is 9.70. The van der Waals surface area contributed by atoms with E-state index in [0.29, 0.717) is 0 Å². The molecule has 4 heterocycles. The van der Waals surface area contributed by atoms with Gasteiger partial charge in [0, 0.05) is 49.4 Å². The molecule has 6 rings (SSSR count). The molecule has 0 amide bonds. The van der Waals surface area contributed by atoms with Crippen molar-refractivity contribution in [3.05, 3.63) is 80.6 Å². The number of aryl methyl sites for hydroxylation is 2. The fourth-order valence-corrected chi connectivity index (χ4v) is 10.6. The molecule has 4 nitrogen and oxygen atoms in total. The number of nitriles is 4. The summed E-state index contributed by atoms with van der Waals surface area (Å²) >= 11 is 6.94. The van der Waals surface area contributed by atoms with Gasteiger partial charge in [-0.25, -0.2) is 0 Å². The Bertz CT molecular complexity index is 2150. The minimum absolute atomic E-state index is 0.123. The van der Waals surface area contributed by atoms with E-state index in [1.807, 2.05) is 47.0 Å². The van der Waals surface area contributed by atoms with Crippen LogP contribution in [0.4, 0.5) is 0 Å². The molecule has 2 aromatic carbocycles. The average Bonchev–Trinajstić information content (AvgIpc) is 3.87. The predicted octanol–water partition coefficient (Wildman–Crippen LogP) is 12.3. The second-order valence-electron chi connectivity index (χ2n) is 11.1. The minimum atomic E-state index is 0.123. The maximum atomic E-state index is 9.30. The number of benzene rings is 2. The van der Waals surface area contributed by atoms with Crippen LogP contribution in [0.2, 0.25) is 0 Å². The van der Waals surface area contributed by atoms with Crippen LogP contribution in [0.15, 0.2) is 59.7 Å². The van der Waals surface area contributed by atoms with Crippen LogP contribution in [0, 0.1) is 45.3 Å². The van der Waals surface area contributed by atoms with E-state index in [4.69, 9.17) is 0 Å². The van der Waals surface area contributed by atoms with Crippen molar-refractivity contribution in [1.29, 1.82) is 21.0 Å². The molecule has 0 N–H and O–H groups in total. The first-order valence-electron chi connectivity index (χ1n) is 15.2. The molecular formula is C38H28N4S4. The first-order valence-corrected chi connectivity index (χ1v) is 18.5. The summed E-state index contributed by atoms with van der Waals surface area (Å²) in [7, 11) is 0. The zero-order chi connectivity index (χ0) is 32.2. The lowest BCUT2D eigenvalue weighted by atomic mass is 10.0. The first-order chi connectivity index (χ1) is 22.5. The second kappa shape index (κ2) is 13.8. The van der Waals surface area contributed by atoms with Crippen molar-refractivity contribution in [3.8, 4) is 43.8 Å². The Kier molecular flexibility index (Phi) is 9.46. The molecule has 0 radical (unpaired) electrons. The van der Waals surface area contributed by atoms with Gasteiger partial charge in [0.05, 0.1) is 0 Å². The SMILES string of the molecule is CCCCc1cc(C=C(C#N)C#N)sc1-c1cc2ccc3c(ccc4cc(-c5sc(C=C(C#N)C#N)cc5CCCC)sc43)c2s1. The molecular weight excluding hydrogens is 641 g/mol. The van der Waals surface area contributed by atoms with Gasteiger partial charge in [-0.15, -0.1) is 45.3 Å². The Hall–Kier alpha value is -4.54. The Morgan fingerprint density at radius 2 is 1.00 bits per heavy atom. The van der Waals surface area contributed by atoms with Gasteiger partial charge in [-0.05, 0) is 84.0 Å². The van der Waals surface area contributed by atoms with Gasteiger partial charge in [0.1, 0.15) is 35.4 Å². The molecule has 0 saturated carbocycles. The standard InChI is InChI=1S/C38H28N4S4/c1-3-5-7-25-15-29(13-23(19-39)20-40)43-37(25)33-17-27-9-11-32-31(35(27)45-33)12-10-28-18-34(46-36(28)32)38-26(8-6-4-2)16-30(44-38)14-24(21-41)22-42/h9-18H,3-8H2,1-2H3. The molecule has 0 aliphatic carbocycles. The van der Waals surface area contributed by atoms with Gasteiger partial charge in [-0.1, -0.05) is 51.0 Å². The third kappa shape index (κ3) is 6.15. The van der Waals surface area contributed by atoms with Crippen LogP contribution in [0.5, 0.6) is 0 Å². The largest absolute Gasteiger partial charge is 0.192 e. The van der Waals surface area contributed by atoms with Crippen LogP contribution >= 0.6 is 45.3 Å². The Morgan fingerprint density at radius 3 is 1.37 bits per heavy atom. The highest BCUT2D eigenvalue weighted by molar-refractivity contribution is 7.28. The van der Waals surface area contributed by atoms with Gasteiger partial charge in [-0.3, -0.25) is 0 Å². The monoisotopic (exact) mass is 668 g/mol. The normalized spacial score (nSPS) is 10.8. The van der Waals surface area contributed by atoms with Crippen molar-refractivity contribution in [1.82, 2.24) is 0 Å². The first kappa shape index (κ1) is 31.4. The zero-order valence-corrected chi connectivity index (χ0v) is 28.7. The summed E-state index contributed by atoms with van der Waals surface area (Å²) in [5, 5.41) is 42.1. The molecule has 4 aromatic heterocycles. The second-order valence-corrected chi connectivity index (χ2v) is 15.3. The van der Waals surface area contributed by atoms with Crippen LogP contribution in [0.1, 0.15) is 60.4 Å². The van der Waals surface area contributed by atoms with Crippen molar-refractivity contribution in [2.24, 2.45) is 0 Å². The molecule has 46 heavy (non-hydrogen) atoms. The van der Waals surface area contributed by atoms with Gasteiger partial charge in [0.25, 0.3) is 0 Å². The summed E-state index contributed by atoms with van der Waals surface area (Å²) < 4.78 is 2.53. The Labute approximate surface area is 284 Å². The third-order valence-corrected chi connectivity index (χ3v) is 12.9. The van der Waals surface area contributed by atoms with E-state index in [0.717, 1.165) is 48.3 Å². The summed E-state index contributed by atoms with van der Waals surface area (Å²) in [5.74, 6) is 0. The highest BCUT2D eigenvalue weighted by atomic mass is 32.1. The number of hydrogen-bond acceptors (Lipinski definition) is 8. The smallest absolute Gasteiger partial charge is 0.131 e. The maximum Gasteiger partial charge on any atom is 0.131 e. The topological polar surface area (TPSA) is 95.2 Å². The number of rotatable bonds is 10.